The molecule has 0 aliphatic carbocycles. The molecule has 0 spiro atoms. The highest BCUT2D eigenvalue weighted by Crippen LogP contribution is 2.51. The third kappa shape index (κ3) is 7.60. The van der Waals surface area contributed by atoms with Crippen molar-refractivity contribution in [1.29, 1.82) is 0 Å². The van der Waals surface area contributed by atoms with Crippen molar-refractivity contribution in [2.75, 3.05) is 0 Å². The first kappa shape index (κ1) is 49.1. The first-order valence-corrected chi connectivity index (χ1v) is 30.1. The Bertz CT molecular complexity index is 5750. The van der Waals surface area contributed by atoms with E-state index in [-0.39, 0.29) is 0 Å². The molecule has 0 aliphatic heterocycles. The average molecular weight is 1100 g/mol. The fourth-order valence-electron chi connectivity index (χ4n) is 14.8. The molecule has 1 nitrogen and oxygen atoms in total. The summed E-state index contributed by atoms with van der Waals surface area (Å²) >= 11 is 0. The van der Waals surface area contributed by atoms with Gasteiger partial charge >= 0.3 is 0 Å². The molecule has 0 saturated carbocycles. The summed E-state index contributed by atoms with van der Waals surface area (Å²) in [6, 6.07) is 116. The van der Waals surface area contributed by atoms with Crippen LogP contribution in [0.25, 0.3) is 186 Å². The van der Waals surface area contributed by atoms with Gasteiger partial charge in [0, 0.05) is 27.3 Å². The minimum atomic E-state index is 0.901. The topological polar surface area (TPSA) is 13.1 Å². The van der Waals surface area contributed by atoms with Gasteiger partial charge in [0.2, 0.25) is 0 Å². The van der Waals surface area contributed by atoms with E-state index >= 15 is 0 Å². The highest BCUT2D eigenvalue weighted by atomic mass is 16.3. The molecule has 1 heterocycles. The Morgan fingerprint density at radius 3 is 1.22 bits per heavy atom. The van der Waals surface area contributed by atoms with Crippen LogP contribution >= 0.6 is 0 Å². The fraction of sp³-hybridized carbons (Fsp3) is 0. The van der Waals surface area contributed by atoms with Crippen LogP contribution in [-0.4, -0.2) is 0 Å². The van der Waals surface area contributed by atoms with Crippen LogP contribution in [-0.2, 0) is 0 Å². The molecule has 0 atom stereocenters. The molecule has 1 heteroatoms. The van der Waals surface area contributed by atoms with Crippen LogP contribution < -0.4 is 0 Å². The maximum atomic E-state index is 7.35. The fourth-order valence-corrected chi connectivity index (χ4v) is 14.8. The van der Waals surface area contributed by atoms with E-state index in [0.717, 1.165) is 44.0 Å². The van der Waals surface area contributed by atoms with Gasteiger partial charge in [0.15, 0.2) is 0 Å². The Morgan fingerprint density at radius 1 is 0.161 bits per heavy atom. The molecule has 0 bridgehead atoms. The second-order valence-electron chi connectivity index (χ2n) is 23.2. The first-order valence-electron chi connectivity index (χ1n) is 30.1. The summed E-state index contributed by atoms with van der Waals surface area (Å²) in [5.41, 5.74) is 18.7. The van der Waals surface area contributed by atoms with E-state index in [1.54, 1.807) is 0 Å². The lowest BCUT2D eigenvalue weighted by molar-refractivity contribution is 0.674. The number of hydrogen-bond donors (Lipinski definition) is 0. The minimum absolute atomic E-state index is 0.901. The van der Waals surface area contributed by atoms with Crippen LogP contribution in [0, 0.1) is 0 Å². The van der Waals surface area contributed by atoms with E-state index in [4.69, 9.17) is 4.42 Å². The predicted molar refractivity (Wildman–Crippen MR) is 372 cm³/mol. The summed E-state index contributed by atoms with van der Waals surface area (Å²) in [7, 11) is 0. The maximum absolute atomic E-state index is 7.35. The lowest BCUT2D eigenvalue weighted by Gasteiger charge is -2.20. The van der Waals surface area contributed by atoms with Crippen LogP contribution in [0.1, 0.15) is 0 Å². The predicted octanol–water partition coefficient (Wildman–Crippen LogP) is 24.5. The van der Waals surface area contributed by atoms with Crippen molar-refractivity contribution < 1.29 is 4.42 Å². The van der Waals surface area contributed by atoms with Crippen LogP contribution in [0.4, 0.5) is 0 Å². The highest BCUT2D eigenvalue weighted by molar-refractivity contribution is 6.33. The Kier molecular flexibility index (Phi) is 11.1. The Morgan fingerprint density at radius 2 is 0.563 bits per heavy atom. The van der Waals surface area contributed by atoms with Crippen molar-refractivity contribution >= 4 is 108 Å². The van der Waals surface area contributed by atoms with Gasteiger partial charge in [0.1, 0.15) is 11.2 Å². The van der Waals surface area contributed by atoms with Crippen LogP contribution in [0.3, 0.4) is 0 Å². The van der Waals surface area contributed by atoms with Crippen molar-refractivity contribution in [3.63, 3.8) is 0 Å². The largest absolute Gasteiger partial charge is 0.455 e. The summed E-state index contributed by atoms with van der Waals surface area (Å²) in [4.78, 5) is 0. The number of para-hydroxylation sites is 1. The van der Waals surface area contributed by atoms with E-state index in [1.165, 1.54) is 142 Å². The smallest absolute Gasteiger partial charge is 0.143 e. The van der Waals surface area contributed by atoms with E-state index in [9.17, 15) is 0 Å². The first-order chi connectivity index (χ1) is 43.2. The van der Waals surface area contributed by atoms with Crippen molar-refractivity contribution in [2.45, 2.75) is 0 Å². The Hall–Kier alpha value is -11.4. The molecule has 0 unspecified atom stereocenters. The molecule has 0 N–H and O–H groups in total. The molecule has 1 aromatic heterocycles. The lowest BCUT2D eigenvalue weighted by atomic mass is 9.83. The van der Waals surface area contributed by atoms with Crippen LogP contribution in [0.15, 0.2) is 320 Å². The summed E-state index contributed by atoms with van der Waals surface area (Å²) in [6.45, 7) is 0. The third-order valence-corrected chi connectivity index (χ3v) is 18.6. The van der Waals surface area contributed by atoms with Gasteiger partial charge < -0.3 is 4.42 Å². The highest BCUT2D eigenvalue weighted by Gasteiger charge is 2.24. The summed E-state index contributed by atoms with van der Waals surface area (Å²) in [5, 5.41) is 21.7. The zero-order valence-electron chi connectivity index (χ0n) is 47.4. The molecular weight excluding hydrogens is 1050 g/mol. The third-order valence-electron chi connectivity index (χ3n) is 18.6. The zero-order valence-corrected chi connectivity index (χ0v) is 47.4. The summed E-state index contributed by atoms with van der Waals surface area (Å²) < 4.78 is 7.35. The number of benzene rings is 17. The normalized spacial score (nSPS) is 11.9. The standard InChI is InChI=1S/C86H52O/c1-2-22-56(23-3-1)80-67-31-9-15-37-73(67)83(74-38-16-10-32-68(74)80)77-41-20-42-78-84-79-52-57(47-48-66(79)65-30-8-17-39-76(65)86(84)87-85(77)78)53-43-45-55(46-44-53)62-49-50-75(64-29-7-6-28-63(62)64)82-71-35-13-11-33-69(71)81(70-34-12-14-36-72(70)82)59-26-18-25-58(51-59)61-40-19-24-54-21-4-5-27-60(54)61/h1-52H. The van der Waals surface area contributed by atoms with Gasteiger partial charge in [-0.2, -0.15) is 0 Å². The van der Waals surface area contributed by atoms with Crippen molar-refractivity contribution in [2.24, 2.45) is 0 Å². The molecule has 0 radical (unpaired) electrons. The Labute approximate surface area is 502 Å². The van der Waals surface area contributed by atoms with Crippen LogP contribution in [0.2, 0.25) is 0 Å². The van der Waals surface area contributed by atoms with Crippen molar-refractivity contribution in [1.82, 2.24) is 0 Å². The van der Waals surface area contributed by atoms with E-state index < -0.39 is 0 Å². The van der Waals surface area contributed by atoms with Crippen molar-refractivity contribution in [3.05, 3.63) is 315 Å². The molecule has 87 heavy (non-hydrogen) atoms. The number of rotatable bonds is 7. The molecule has 18 aromatic rings. The molecule has 17 aromatic carbocycles. The Balaban J connectivity index is 0.757. The summed E-state index contributed by atoms with van der Waals surface area (Å²) in [5.74, 6) is 0. The molecular formula is C86H52O. The van der Waals surface area contributed by atoms with Crippen molar-refractivity contribution in [3.8, 4) is 77.9 Å². The van der Waals surface area contributed by atoms with Gasteiger partial charge in [-0.05, 0) is 160 Å². The molecule has 0 aliphatic rings. The maximum Gasteiger partial charge on any atom is 0.143 e. The van der Waals surface area contributed by atoms with E-state index in [1.807, 2.05) is 0 Å². The zero-order chi connectivity index (χ0) is 57.1. The van der Waals surface area contributed by atoms with E-state index in [0.29, 0.717) is 0 Å². The van der Waals surface area contributed by atoms with Gasteiger partial charge in [-0.25, -0.2) is 0 Å². The average Bonchev–Trinajstić information content (AvgIpc) is 2.07. The van der Waals surface area contributed by atoms with Gasteiger partial charge in [-0.15, -0.1) is 0 Å². The van der Waals surface area contributed by atoms with Gasteiger partial charge in [-0.3, -0.25) is 0 Å². The number of furan rings is 1. The van der Waals surface area contributed by atoms with Gasteiger partial charge in [-0.1, -0.05) is 303 Å². The molecule has 0 amide bonds. The lowest BCUT2D eigenvalue weighted by Crippen LogP contribution is -1.93. The van der Waals surface area contributed by atoms with Gasteiger partial charge in [0.05, 0.1) is 0 Å². The molecule has 402 valence electrons. The summed E-state index contributed by atoms with van der Waals surface area (Å²) in [6.07, 6.45) is 0. The minimum Gasteiger partial charge on any atom is -0.455 e. The van der Waals surface area contributed by atoms with Crippen LogP contribution in [0.5, 0.6) is 0 Å². The number of fused-ring (bicyclic) bond motifs is 14. The SMILES string of the molecule is c1ccc(-c2c3ccccc3c(-c3cccc4c3oc3c5ccccc5c5ccc(-c6ccc(-c7ccc(-c8c9ccccc9c(-c9cccc(-c%10cccc%11ccccc%10%11)c9)c9ccccc89)c8ccccc78)cc6)cc5c43)c3ccccc23)cc1. The monoisotopic (exact) mass is 1100 g/mol. The van der Waals surface area contributed by atoms with Gasteiger partial charge in [0.25, 0.3) is 0 Å². The second kappa shape index (κ2) is 19.6. The quantitative estimate of drug-likeness (QED) is 0.115. The number of hydrogen-bond acceptors (Lipinski definition) is 1. The van der Waals surface area contributed by atoms with E-state index in [2.05, 4.69) is 315 Å². The molecule has 0 fully saturated rings. The molecule has 18 rings (SSSR count). The second-order valence-corrected chi connectivity index (χ2v) is 23.2. The molecule has 0 saturated heterocycles.